The third-order valence-electron chi connectivity index (χ3n) is 4.65. The van der Waals surface area contributed by atoms with E-state index in [-0.39, 0.29) is 17.7 Å². The van der Waals surface area contributed by atoms with Crippen molar-refractivity contribution in [1.82, 2.24) is 15.0 Å². The lowest BCUT2D eigenvalue weighted by atomic mass is 9.97. The topological polar surface area (TPSA) is 73.9 Å². The second kappa shape index (κ2) is 6.28. The van der Waals surface area contributed by atoms with Crippen LogP contribution in [0.2, 0.25) is 0 Å². The van der Waals surface area contributed by atoms with Gasteiger partial charge in [-0.25, -0.2) is 19.3 Å². The fourth-order valence-corrected chi connectivity index (χ4v) is 4.42. The zero-order valence-corrected chi connectivity index (χ0v) is 15.0. The first-order valence-corrected chi connectivity index (χ1v) is 9.38. The highest BCUT2D eigenvalue weighted by atomic mass is 32.1. The number of ether oxygens (including phenoxy) is 1. The minimum atomic E-state index is -0.240. The average molecular weight is 378 g/mol. The second-order valence-corrected chi connectivity index (χ2v) is 7.56. The molecule has 0 fully saturated rings. The molecule has 1 aliphatic heterocycles. The van der Waals surface area contributed by atoms with Crippen LogP contribution in [0.4, 0.5) is 10.3 Å². The lowest BCUT2D eigenvalue weighted by molar-refractivity contribution is 0.262. The summed E-state index contributed by atoms with van der Waals surface area (Å²) >= 11 is 1.64. The molecule has 2 aromatic carbocycles. The summed E-state index contributed by atoms with van der Waals surface area (Å²) < 4.78 is 20.4. The lowest BCUT2D eigenvalue weighted by Crippen LogP contribution is -2.19. The predicted octanol–water partition coefficient (Wildman–Crippen LogP) is 4.19. The van der Waals surface area contributed by atoms with E-state index in [0.29, 0.717) is 6.61 Å². The van der Waals surface area contributed by atoms with Crippen LogP contribution < -0.4 is 10.5 Å². The molecule has 5 nitrogen and oxygen atoms in total. The van der Waals surface area contributed by atoms with Crippen molar-refractivity contribution in [1.29, 1.82) is 0 Å². The van der Waals surface area contributed by atoms with Crippen molar-refractivity contribution < 1.29 is 9.13 Å². The van der Waals surface area contributed by atoms with Gasteiger partial charge in [-0.05, 0) is 48.4 Å². The van der Waals surface area contributed by atoms with Crippen LogP contribution in [0.1, 0.15) is 16.5 Å². The molecule has 0 saturated heterocycles. The SMILES string of the molecule is Nc1nccc(-c2ccc3nc(C4COc5ccc(F)cc5C4)sc3c2)n1. The molecule has 5 rings (SSSR count). The number of aromatic nitrogens is 3. The molecule has 0 bridgehead atoms. The maximum Gasteiger partial charge on any atom is 0.220 e. The number of nitrogens with two attached hydrogens (primary N) is 1. The fourth-order valence-electron chi connectivity index (χ4n) is 3.33. The Morgan fingerprint density at radius 1 is 1.11 bits per heavy atom. The van der Waals surface area contributed by atoms with Gasteiger partial charge in [0.15, 0.2) is 0 Å². The van der Waals surface area contributed by atoms with Crippen LogP contribution in [-0.2, 0) is 6.42 Å². The van der Waals surface area contributed by atoms with Gasteiger partial charge >= 0.3 is 0 Å². The number of fused-ring (bicyclic) bond motifs is 2. The molecule has 7 heteroatoms. The first kappa shape index (κ1) is 16.1. The summed E-state index contributed by atoms with van der Waals surface area (Å²) in [6.45, 7) is 0.549. The van der Waals surface area contributed by atoms with Crippen LogP contribution >= 0.6 is 11.3 Å². The van der Waals surface area contributed by atoms with Gasteiger partial charge in [-0.1, -0.05) is 6.07 Å². The molecular weight excluding hydrogens is 363 g/mol. The maximum absolute atomic E-state index is 13.5. The number of thiazole rings is 1. The van der Waals surface area contributed by atoms with E-state index in [1.807, 2.05) is 18.2 Å². The number of halogens is 1. The highest BCUT2D eigenvalue weighted by molar-refractivity contribution is 7.18. The van der Waals surface area contributed by atoms with E-state index in [9.17, 15) is 4.39 Å². The van der Waals surface area contributed by atoms with Gasteiger partial charge in [-0.2, -0.15) is 0 Å². The van der Waals surface area contributed by atoms with Gasteiger partial charge in [-0.3, -0.25) is 0 Å². The summed E-state index contributed by atoms with van der Waals surface area (Å²) in [5.41, 5.74) is 9.27. The summed E-state index contributed by atoms with van der Waals surface area (Å²) in [6.07, 6.45) is 2.37. The van der Waals surface area contributed by atoms with Crippen LogP contribution in [0.3, 0.4) is 0 Å². The molecule has 1 aliphatic rings. The minimum absolute atomic E-state index is 0.120. The third kappa shape index (κ3) is 3.00. The van der Waals surface area contributed by atoms with E-state index in [1.165, 1.54) is 6.07 Å². The summed E-state index contributed by atoms with van der Waals surface area (Å²) in [4.78, 5) is 13.0. The number of hydrogen-bond acceptors (Lipinski definition) is 6. The van der Waals surface area contributed by atoms with Gasteiger partial charge < -0.3 is 10.5 Å². The van der Waals surface area contributed by atoms with Gasteiger partial charge in [-0.15, -0.1) is 11.3 Å². The zero-order valence-electron chi connectivity index (χ0n) is 14.2. The van der Waals surface area contributed by atoms with Gasteiger partial charge in [0, 0.05) is 17.7 Å². The van der Waals surface area contributed by atoms with Crippen LogP contribution in [0.5, 0.6) is 5.75 Å². The summed E-state index contributed by atoms with van der Waals surface area (Å²) in [5.74, 6) is 0.895. The number of nitrogen functional groups attached to an aromatic ring is 1. The Balaban J connectivity index is 1.48. The lowest BCUT2D eigenvalue weighted by Gasteiger charge is -2.23. The number of anilines is 1. The van der Waals surface area contributed by atoms with Crippen LogP contribution in [0.25, 0.3) is 21.5 Å². The first-order chi connectivity index (χ1) is 13.2. The van der Waals surface area contributed by atoms with Gasteiger partial charge in [0.05, 0.1) is 22.5 Å². The van der Waals surface area contributed by atoms with E-state index in [2.05, 4.69) is 16.0 Å². The highest BCUT2D eigenvalue weighted by Crippen LogP contribution is 2.37. The Morgan fingerprint density at radius 3 is 2.93 bits per heavy atom. The fraction of sp³-hybridized carbons (Fsp3) is 0.150. The molecule has 3 heterocycles. The molecule has 134 valence electrons. The molecule has 2 N–H and O–H groups in total. The first-order valence-electron chi connectivity index (χ1n) is 8.56. The van der Waals surface area contributed by atoms with Gasteiger partial charge in [0.1, 0.15) is 16.6 Å². The Hall–Kier alpha value is -3.06. The zero-order chi connectivity index (χ0) is 18.4. The highest BCUT2D eigenvalue weighted by Gasteiger charge is 2.24. The molecule has 27 heavy (non-hydrogen) atoms. The van der Waals surface area contributed by atoms with Crippen molar-refractivity contribution in [3.8, 4) is 17.0 Å². The quantitative estimate of drug-likeness (QED) is 0.566. The summed E-state index contributed by atoms with van der Waals surface area (Å²) in [5, 5.41) is 0.999. The van der Waals surface area contributed by atoms with E-state index < -0.39 is 0 Å². The van der Waals surface area contributed by atoms with Crippen LogP contribution in [0.15, 0.2) is 48.7 Å². The Morgan fingerprint density at radius 2 is 2.04 bits per heavy atom. The largest absolute Gasteiger partial charge is 0.493 e. The Bertz CT molecular complexity index is 1160. The van der Waals surface area contributed by atoms with Gasteiger partial charge in [0.25, 0.3) is 0 Å². The number of hydrogen-bond donors (Lipinski definition) is 1. The molecular formula is C20H15FN4OS. The van der Waals surface area contributed by atoms with Crippen LogP contribution in [0, 0.1) is 5.82 Å². The Kier molecular flexibility index (Phi) is 3.75. The average Bonchev–Trinajstić information content (AvgIpc) is 3.10. The van der Waals surface area contributed by atoms with E-state index >= 15 is 0 Å². The van der Waals surface area contributed by atoms with Crippen molar-refractivity contribution in [2.45, 2.75) is 12.3 Å². The van der Waals surface area contributed by atoms with Crippen molar-refractivity contribution in [3.63, 3.8) is 0 Å². The molecule has 0 saturated carbocycles. The normalized spacial score (nSPS) is 16.1. The Labute approximate surface area is 158 Å². The standard InChI is InChI=1S/C20H15FN4OS/c21-14-2-4-17-12(8-14)7-13(10-26-17)19-24-16-3-1-11(9-18(16)27-19)15-5-6-23-20(22)25-15/h1-6,8-9,13H,7,10H2,(H2,22,23,25). The smallest absolute Gasteiger partial charge is 0.220 e. The number of rotatable bonds is 2. The van der Waals surface area contributed by atoms with Crippen LogP contribution in [-0.4, -0.2) is 21.6 Å². The van der Waals surface area contributed by atoms with Crippen molar-refractivity contribution in [2.75, 3.05) is 12.3 Å². The second-order valence-electron chi connectivity index (χ2n) is 6.50. The van der Waals surface area contributed by atoms with Crippen molar-refractivity contribution in [2.24, 2.45) is 0 Å². The molecule has 0 spiro atoms. The third-order valence-corrected chi connectivity index (χ3v) is 5.83. The molecule has 0 radical (unpaired) electrons. The van der Waals surface area contributed by atoms with E-state index in [4.69, 9.17) is 15.5 Å². The molecule has 2 aromatic heterocycles. The number of benzene rings is 2. The molecule has 1 unspecified atom stereocenters. The summed E-state index contributed by atoms with van der Waals surface area (Å²) in [7, 11) is 0. The molecule has 1 atom stereocenters. The van der Waals surface area contributed by atoms with Gasteiger partial charge in [0.2, 0.25) is 5.95 Å². The predicted molar refractivity (Wildman–Crippen MR) is 103 cm³/mol. The molecule has 4 aromatic rings. The maximum atomic E-state index is 13.5. The molecule has 0 aliphatic carbocycles. The van der Waals surface area contributed by atoms with E-state index in [0.717, 1.165) is 44.2 Å². The summed E-state index contributed by atoms with van der Waals surface area (Å²) in [6, 6.07) is 12.5. The van der Waals surface area contributed by atoms with Crippen molar-refractivity contribution >= 4 is 27.5 Å². The van der Waals surface area contributed by atoms with E-state index in [1.54, 1.807) is 29.7 Å². The molecule has 0 amide bonds. The minimum Gasteiger partial charge on any atom is -0.493 e. The van der Waals surface area contributed by atoms with Crippen molar-refractivity contribution in [3.05, 3.63) is 65.0 Å². The monoisotopic (exact) mass is 378 g/mol. The number of nitrogens with zero attached hydrogens (tertiary/aromatic N) is 3.